The maximum atomic E-state index is 12.5. The Balaban J connectivity index is 3.03. The van der Waals surface area contributed by atoms with Crippen LogP contribution in [0.2, 0.25) is 0 Å². The van der Waals surface area contributed by atoms with E-state index in [1.807, 2.05) is 5.32 Å². The number of nitrogens with zero attached hydrogens (tertiary/aromatic N) is 1. The van der Waals surface area contributed by atoms with Gasteiger partial charge in [-0.2, -0.15) is 13.2 Å². The molecular formula is C10H9F3N2O3. The number of carboxylic acid groups (broad SMARTS) is 1. The van der Waals surface area contributed by atoms with Crippen LogP contribution in [0.4, 0.5) is 13.2 Å². The number of halogens is 3. The molecule has 18 heavy (non-hydrogen) atoms. The Bertz CT molecular complexity index is 474. The summed E-state index contributed by atoms with van der Waals surface area (Å²) in [6.07, 6.45) is -3.87. The van der Waals surface area contributed by atoms with Crippen LogP contribution in [0.15, 0.2) is 18.3 Å². The van der Waals surface area contributed by atoms with Gasteiger partial charge in [-0.05, 0) is 19.1 Å². The third kappa shape index (κ3) is 3.19. The molecule has 0 aromatic carbocycles. The fourth-order valence-corrected chi connectivity index (χ4v) is 1.15. The van der Waals surface area contributed by atoms with Crippen molar-refractivity contribution in [2.45, 2.75) is 19.1 Å². The maximum absolute atomic E-state index is 12.5. The van der Waals surface area contributed by atoms with Gasteiger partial charge in [0.15, 0.2) is 5.69 Å². The summed E-state index contributed by atoms with van der Waals surface area (Å²) in [5.74, 6) is -2.48. The van der Waals surface area contributed by atoms with Gasteiger partial charge in [0.25, 0.3) is 5.91 Å². The molecule has 0 radical (unpaired) electrons. The van der Waals surface area contributed by atoms with E-state index in [0.717, 1.165) is 25.3 Å². The number of rotatable bonds is 3. The van der Waals surface area contributed by atoms with Gasteiger partial charge in [-0.15, -0.1) is 0 Å². The number of pyridine rings is 1. The first kappa shape index (κ1) is 13.9. The van der Waals surface area contributed by atoms with E-state index in [1.165, 1.54) is 0 Å². The lowest BCUT2D eigenvalue weighted by molar-refractivity contribution is -0.141. The summed E-state index contributed by atoms with van der Waals surface area (Å²) < 4.78 is 37.6. The summed E-state index contributed by atoms with van der Waals surface area (Å²) in [7, 11) is 0. The van der Waals surface area contributed by atoms with E-state index < -0.39 is 35.4 Å². The first-order chi connectivity index (χ1) is 8.23. The van der Waals surface area contributed by atoms with Crippen LogP contribution >= 0.6 is 0 Å². The molecule has 0 unspecified atom stereocenters. The molecule has 0 saturated carbocycles. The number of hydrogen-bond donors (Lipinski definition) is 2. The van der Waals surface area contributed by atoms with Gasteiger partial charge in [-0.3, -0.25) is 14.6 Å². The van der Waals surface area contributed by atoms with E-state index in [4.69, 9.17) is 5.11 Å². The third-order valence-electron chi connectivity index (χ3n) is 2.04. The molecular weight excluding hydrogens is 253 g/mol. The van der Waals surface area contributed by atoms with Crippen LogP contribution in [0.25, 0.3) is 0 Å². The van der Waals surface area contributed by atoms with Crippen molar-refractivity contribution < 1.29 is 27.9 Å². The summed E-state index contributed by atoms with van der Waals surface area (Å²) in [5, 5.41) is 10.5. The van der Waals surface area contributed by atoms with Crippen LogP contribution in [0, 0.1) is 0 Å². The number of aromatic nitrogens is 1. The van der Waals surface area contributed by atoms with Crippen LogP contribution in [0.5, 0.6) is 0 Å². The van der Waals surface area contributed by atoms with Crippen molar-refractivity contribution in [3.05, 3.63) is 29.6 Å². The van der Waals surface area contributed by atoms with E-state index in [9.17, 15) is 22.8 Å². The Hall–Kier alpha value is -2.12. The lowest BCUT2D eigenvalue weighted by Crippen LogP contribution is -2.39. The Kier molecular flexibility index (Phi) is 3.89. The number of carbonyl (C=O) groups is 2. The fourth-order valence-electron chi connectivity index (χ4n) is 1.15. The molecule has 0 aliphatic heterocycles. The number of carbonyl (C=O) groups excluding carboxylic acids is 1. The Morgan fingerprint density at radius 3 is 2.56 bits per heavy atom. The molecule has 1 amide bonds. The molecule has 0 bridgehead atoms. The second-order valence-corrected chi connectivity index (χ2v) is 3.43. The predicted molar refractivity (Wildman–Crippen MR) is 53.8 cm³/mol. The predicted octanol–water partition coefficient (Wildman–Crippen LogP) is 1.30. The van der Waals surface area contributed by atoms with Gasteiger partial charge < -0.3 is 10.4 Å². The van der Waals surface area contributed by atoms with Gasteiger partial charge in [0.2, 0.25) is 0 Å². The van der Waals surface area contributed by atoms with Crippen molar-refractivity contribution in [1.29, 1.82) is 0 Å². The number of amides is 1. The number of carboxylic acids is 1. The zero-order valence-corrected chi connectivity index (χ0v) is 9.15. The molecule has 8 heteroatoms. The quantitative estimate of drug-likeness (QED) is 0.860. The summed E-state index contributed by atoms with van der Waals surface area (Å²) in [4.78, 5) is 25.1. The van der Waals surface area contributed by atoms with Gasteiger partial charge in [-0.1, -0.05) is 0 Å². The number of nitrogens with one attached hydrogen (secondary N) is 1. The largest absolute Gasteiger partial charge is 0.480 e. The highest BCUT2D eigenvalue weighted by Gasteiger charge is 2.37. The third-order valence-corrected chi connectivity index (χ3v) is 2.04. The van der Waals surface area contributed by atoms with Crippen molar-refractivity contribution in [3.63, 3.8) is 0 Å². The zero-order chi connectivity index (χ0) is 13.9. The average Bonchev–Trinajstić information content (AvgIpc) is 2.27. The van der Waals surface area contributed by atoms with E-state index in [1.54, 1.807) is 0 Å². The lowest BCUT2D eigenvalue weighted by atomic mass is 10.1. The average molecular weight is 262 g/mol. The van der Waals surface area contributed by atoms with E-state index >= 15 is 0 Å². The first-order valence-corrected chi connectivity index (χ1v) is 4.79. The minimum atomic E-state index is -4.78. The molecule has 0 aliphatic rings. The highest BCUT2D eigenvalue weighted by Crippen LogP contribution is 2.29. The fraction of sp³-hybridized carbons (Fsp3) is 0.300. The smallest absolute Gasteiger partial charge is 0.434 e. The van der Waals surface area contributed by atoms with Gasteiger partial charge >= 0.3 is 12.1 Å². The van der Waals surface area contributed by atoms with Crippen molar-refractivity contribution in [2.24, 2.45) is 0 Å². The van der Waals surface area contributed by atoms with Gasteiger partial charge in [-0.25, -0.2) is 0 Å². The standard InChI is InChI=1S/C10H9F3N2O3/c1-5(9(17)18)15-8(16)6-3-2-4-14-7(6)10(11,12)13/h2-5H,1H3,(H,15,16)(H,17,18)/t5-/m1/s1. The number of hydrogen-bond acceptors (Lipinski definition) is 3. The van der Waals surface area contributed by atoms with Crippen molar-refractivity contribution in [2.75, 3.05) is 0 Å². The zero-order valence-electron chi connectivity index (χ0n) is 9.15. The maximum Gasteiger partial charge on any atom is 0.434 e. The van der Waals surface area contributed by atoms with Crippen LogP contribution < -0.4 is 5.32 Å². The minimum absolute atomic E-state index is 0.710. The molecule has 2 N–H and O–H groups in total. The van der Waals surface area contributed by atoms with Crippen molar-refractivity contribution in [3.8, 4) is 0 Å². The molecule has 1 rings (SSSR count). The molecule has 1 atom stereocenters. The summed E-state index contributed by atoms with van der Waals surface area (Å²) in [5.41, 5.74) is -2.06. The summed E-state index contributed by atoms with van der Waals surface area (Å²) in [6.45, 7) is 1.14. The molecule has 0 fully saturated rings. The second kappa shape index (κ2) is 5.03. The molecule has 0 spiro atoms. The van der Waals surface area contributed by atoms with E-state index in [0.29, 0.717) is 0 Å². The summed E-state index contributed by atoms with van der Waals surface area (Å²) >= 11 is 0. The highest BCUT2D eigenvalue weighted by molar-refractivity contribution is 5.97. The minimum Gasteiger partial charge on any atom is -0.480 e. The monoisotopic (exact) mass is 262 g/mol. The SMILES string of the molecule is C[C@@H](NC(=O)c1cccnc1C(F)(F)F)C(=O)O. The Morgan fingerprint density at radius 2 is 2.06 bits per heavy atom. The Labute approximate surface area is 99.6 Å². The lowest BCUT2D eigenvalue weighted by Gasteiger charge is -2.13. The number of aliphatic carboxylic acids is 1. The van der Waals surface area contributed by atoms with Crippen molar-refractivity contribution >= 4 is 11.9 Å². The van der Waals surface area contributed by atoms with Gasteiger partial charge in [0.1, 0.15) is 6.04 Å². The topological polar surface area (TPSA) is 79.3 Å². The second-order valence-electron chi connectivity index (χ2n) is 3.43. The summed E-state index contributed by atoms with van der Waals surface area (Å²) in [6, 6.07) is 0.800. The van der Waals surface area contributed by atoms with Crippen LogP contribution in [-0.4, -0.2) is 28.0 Å². The van der Waals surface area contributed by atoms with Crippen LogP contribution in [0.1, 0.15) is 23.0 Å². The molecule has 1 aromatic rings. The highest BCUT2D eigenvalue weighted by atomic mass is 19.4. The van der Waals surface area contributed by atoms with E-state index in [-0.39, 0.29) is 0 Å². The Morgan fingerprint density at radius 1 is 1.44 bits per heavy atom. The molecule has 0 saturated heterocycles. The molecule has 5 nitrogen and oxygen atoms in total. The first-order valence-electron chi connectivity index (χ1n) is 4.79. The van der Waals surface area contributed by atoms with Gasteiger partial charge in [0.05, 0.1) is 5.56 Å². The molecule has 1 aromatic heterocycles. The van der Waals surface area contributed by atoms with Crippen LogP contribution in [0.3, 0.4) is 0 Å². The van der Waals surface area contributed by atoms with Crippen molar-refractivity contribution in [1.82, 2.24) is 10.3 Å². The number of alkyl halides is 3. The molecule has 1 heterocycles. The van der Waals surface area contributed by atoms with Gasteiger partial charge in [0, 0.05) is 6.20 Å². The normalized spacial score (nSPS) is 12.9. The van der Waals surface area contributed by atoms with Crippen LogP contribution in [-0.2, 0) is 11.0 Å². The molecule has 98 valence electrons. The van der Waals surface area contributed by atoms with E-state index in [2.05, 4.69) is 4.98 Å². The molecule has 0 aliphatic carbocycles.